The fourth-order valence-corrected chi connectivity index (χ4v) is 3.98. The number of carbonyl (C=O) groups excluding carboxylic acids is 1. The van der Waals surface area contributed by atoms with E-state index in [0.717, 1.165) is 22.0 Å². The number of hydrogen-bond acceptors (Lipinski definition) is 6. The van der Waals surface area contributed by atoms with E-state index in [0.29, 0.717) is 33.5 Å². The Kier molecular flexibility index (Phi) is 7.07. The number of H-pyrrole nitrogens is 1. The molecule has 0 amide bonds. The normalized spacial score (nSPS) is 11.6. The van der Waals surface area contributed by atoms with Gasteiger partial charge in [-0.25, -0.2) is 0 Å². The van der Waals surface area contributed by atoms with E-state index in [1.54, 1.807) is 12.1 Å². The van der Waals surface area contributed by atoms with Crippen LogP contribution in [0.15, 0.2) is 41.4 Å². The first-order chi connectivity index (χ1) is 14.5. The van der Waals surface area contributed by atoms with Gasteiger partial charge in [0.05, 0.1) is 32.8 Å². The third kappa shape index (κ3) is 4.47. The van der Waals surface area contributed by atoms with Crippen molar-refractivity contribution in [1.82, 2.24) is 4.98 Å². The molecule has 2 aromatic carbocycles. The molecule has 0 aliphatic heterocycles. The van der Waals surface area contributed by atoms with E-state index in [4.69, 9.17) is 14.2 Å². The molecule has 0 aliphatic rings. The Morgan fingerprint density at radius 3 is 2.40 bits per heavy atom. The van der Waals surface area contributed by atoms with Crippen molar-refractivity contribution in [2.24, 2.45) is 0 Å². The number of aromatic nitrogens is 1. The predicted octanol–water partition coefficient (Wildman–Crippen LogP) is 4.45. The predicted molar refractivity (Wildman–Crippen MR) is 121 cm³/mol. The number of Topliss-reactive ketones (excluding diaryl/α,β-unsaturated/α-hetero) is 1. The van der Waals surface area contributed by atoms with Crippen LogP contribution in [0.2, 0.25) is 0 Å². The van der Waals surface area contributed by atoms with Crippen molar-refractivity contribution < 1.29 is 24.1 Å². The number of ketones is 1. The molecule has 7 heteroatoms. The second-order valence-electron chi connectivity index (χ2n) is 6.62. The van der Waals surface area contributed by atoms with E-state index in [-0.39, 0.29) is 12.4 Å². The molecule has 158 valence electrons. The largest absolute Gasteiger partial charge is 0.493 e. The Morgan fingerprint density at radius 1 is 1.10 bits per heavy atom. The number of aliphatic hydroxyl groups excluding tert-OH is 1. The number of hydrogen-bond donors (Lipinski definition) is 2. The number of aromatic amines is 1. The molecule has 3 rings (SSSR count). The minimum Gasteiger partial charge on any atom is -0.493 e. The van der Waals surface area contributed by atoms with Crippen molar-refractivity contribution in [3.8, 4) is 17.2 Å². The molecule has 1 aromatic heterocycles. The summed E-state index contributed by atoms with van der Waals surface area (Å²) in [5.41, 5.74) is 3.49. The van der Waals surface area contributed by atoms with Crippen molar-refractivity contribution in [3.63, 3.8) is 0 Å². The van der Waals surface area contributed by atoms with E-state index >= 15 is 0 Å². The van der Waals surface area contributed by atoms with Gasteiger partial charge in [0.2, 0.25) is 5.75 Å². The summed E-state index contributed by atoms with van der Waals surface area (Å²) in [6.07, 6.45) is 3.73. The molecule has 6 nitrogen and oxygen atoms in total. The van der Waals surface area contributed by atoms with Crippen LogP contribution < -0.4 is 14.2 Å². The van der Waals surface area contributed by atoms with Crippen molar-refractivity contribution in [3.05, 3.63) is 58.1 Å². The highest BCUT2D eigenvalue weighted by Gasteiger charge is 2.20. The second kappa shape index (κ2) is 9.73. The number of methoxy groups -OCH3 is 3. The van der Waals surface area contributed by atoms with Crippen LogP contribution in [0.5, 0.6) is 17.2 Å². The monoisotopic (exact) mass is 427 g/mol. The fraction of sp³-hybridized carbons (Fsp3) is 0.261. The van der Waals surface area contributed by atoms with Crippen LogP contribution in [0.1, 0.15) is 21.5 Å². The van der Waals surface area contributed by atoms with Crippen molar-refractivity contribution in [2.75, 3.05) is 33.7 Å². The van der Waals surface area contributed by atoms with Crippen LogP contribution >= 0.6 is 11.8 Å². The molecule has 2 N–H and O–H groups in total. The van der Waals surface area contributed by atoms with Gasteiger partial charge >= 0.3 is 0 Å². The number of rotatable bonds is 9. The van der Waals surface area contributed by atoms with E-state index < -0.39 is 0 Å². The third-order valence-corrected chi connectivity index (χ3v) is 5.66. The number of aliphatic hydroxyl groups is 1. The quantitative estimate of drug-likeness (QED) is 0.388. The van der Waals surface area contributed by atoms with Gasteiger partial charge in [-0.05, 0) is 36.8 Å². The Balaban J connectivity index is 2.07. The van der Waals surface area contributed by atoms with Gasteiger partial charge in [-0.3, -0.25) is 4.79 Å². The number of carbonyl (C=O) groups is 1. The molecule has 0 unspecified atom stereocenters. The SMILES string of the molecule is COc1cc(C(=O)C(=Cc2c[nH]c3cc(C)ccc23)SCCO)cc(OC)c1OC. The molecule has 0 saturated carbocycles. The summed E-state index contributed by atoms with van der Waals surface area (Å²) in [6, 6.07) is 9.40. The molecular formula is C23H25NO5S. The molecule has 0 atom stereocenters. The minimum absolute atomic E-state index is 0.0301. The third-order valence-electron chi connectivity index (χ3n) is 4.66. The zero-order chi connectivity index (χ0) is 21.7. The van der Waals surface area contributed by atoms with Gasteiger partial charge in [0, 0.05) is 34.0 Å². The number of allylic oxidation sites excluding steroid dienone is 1. The number of aryl methyl sites for hydroxylation is 1. The molecule has 0 spiro atoms. The molecule has 1 heterocycles. The first-order valence-corrected chi connectivity index (χ1v) is 10.4. The minimum atomic E-state index is -0.186. The van der Waals surface area contributed by atoms with Crippen molar-refractivity contribution in [1.29, 1.82) is 0 Å². The van der Waals surface area contributed by atoms with Gasteiger partial charge in [0.1, 0.15) is 0 Å². The summed E-state index contributed by atoms with van der Waals surface area (Å²) < 4.78 is 16.1. The van der Waals surface area contributed by atoms with Crippen LogP contribution in [0.4, 0.5) is 0 Å². The van der Waals surface area contributed by atoms with Gasteiger partial charge in [0.25, 0.3) is 0 Å². The van der Waals surface area contributed by atoms with E-state index in [2.05, 4.69) is 11.1 Å². The highest BCUT2D eigenvalue weighted by molar-refractivity contribution is 8.04. The highest BCUT2D eigenvalue weighted by Crippen LogP contribution is 2.39. The fourth-order valence-electron chi connectivity index (χ4n) is 3.21. The highest BCUT2D eigenvalue weighted by atomic mass is 32.2. The summed E-state index contributed by atoms with van der Waals surface area (Å²) in [5, 5.41) is 10.3. The van der Waals surface area contributed by atoms with Gasteiger partial charge in [-0.2, -0.15) is 0 Å². The van der Waals surface area contributed by atoms with Crippen LogP contribution in [-0.4, -0.2) is 49.6 Å². The average Bonchev–Trinajstić information content (AvgIpc) is 3.16. The maximum absolute atomic E-state index is 13.4. The summed E-state index contributed by atoms with van der Waals surface area (Å²) in [6.45, 7) is 2.00. The van der Waals surface area contributed by atoms with Crippen molar-refractivity contribution in [2.45, 2.75) is 6.92 Å². The molecule has 30 heavy (non-hydrogen) atoms. The lowest BCUT2D eigenvalue weighted by Crippen LogP contribution is -2.05. The lowest BCUT2D eigenvalue weighted by Gasteiger charge is -2.14. The Morgan fingerprint density at radius 2 is 1.80 bits per heavy atom. The molecule has 0 fully saturated rings. The Labute approximate surface area is 179 Å². The summed E-state index contributed by atoms with van der Waals surface area (Å²) >= 11 is 1.31. The van der Waals surface area contributed by atoms with Gasteiger partial charge in [-0.15, -0.1) is 11.8 Å². The zero-order valence-corrected chi connectivity index (χ0v) is 18.3. The van der Waals surface area contributed by atoms with Gasteiger partial charge in [0.15, 0.2) is 17.3 Å². The smallest absolute Gasteiger partial charge is 0.203 e. The molecule has 0 aliphatic carbocycles. The van der Waals surface area contributed by atoms with Crippen LogP contribution in [0.25, 0.3) is 17.0 Å². The summed E-state index contributed by atoms with van der Waals surface area (Å²) in [4.78, 5) is 17.1. The van der Waals surface area contributed by atoms with Gasteiger partial charge < -0.3 is 24.3 Å². The number of ether oxygens (including phenoxy) is 3. The standard InChI is InChI=1S/C23H25NO5S/c1-14-5-6-17-16(13-24-18(17)9-14)12-21(30-8-7-25)22(26)15-10-19(27-2)23(29-4)20(11-15)28-3/h5-6,9-13,24-25H,7-8H2,1-4H3. The average molecular weight is 428 g/mol. The van der Waals surface area contributed by atoms with E-state index in [1.165, 1.54) is 33.1 Å². The number of fused-ring (bicyclic) bond motifs is 1. The van der Waals surface area contributed by atoms with Crippen LogP contribution in [0, 0.1) is 6.92 Å². The Bertz CT molecular complexity index is 1060. The summed E-state index contributed by atoms with van der Waals surface area (Å²) in [5.74, 6) is 1.47. The van der Waals surface area contributed by atoms with E-state index in [9.17, 15) is 9.90 Å². The van der Waals surface area contributed by atoms with E-state index in [1.807, 2.05) is 31.3 Å². The first kappa shape index (κ1) is 21.8. The second-order valence-corrected chi connectivity index (χ2v) is 7.75. The lowest BCUT2D eigenvalue weighted by molar-refractivity contribution is 0.104. The number of benzene rings is 2. The first-order valence-electron chi connectivity index (χ1n) is 9.40. The summed E-state index contributed by atoms with van der Waals surface area (Å²) in [7, 11) is 4.54. The molecule has 0 bridgehead atoms. The zero-order valence-electron chi connectivity index (χ0n) is 17.4. The lowest BCUT2D eigenvalue weighted by atomic mass is 10.1. The maximum Gasteiger partial charge on any atom is 0.203 e. The molecule has 0 saturated heterocycles. The molecular weight excluding hydrogens is 402 g/mol. The van der Waals surface area contributed by atoms with Crippen LogP contribution in [0.3, 0.4) is 0 Å². The van der Waals surface area contributed by atoms with Crippen molar-refractivity contribution >= 4 is 34.5 Å². The van der Waals surface area contributed by atoms with Gasteiger partial charge in [-0.1, -0.05) is 12.1 Å². The maximum atomic E-state index is 13.4. The number of thioether (sulfide) groups is 1. The molecule has 0 radical (unpaired) electrons. The number of nitrogens with one attached hydrogen (secondary N) is 1. The van der Waals surface area contributed by atoms with Crippen LogP contribution in [-0.2, 0) is 0 Å². The topological polar surface area (TPSA) is 80.8 Å². The Hall–Kier alpha value is -2.90. The molecule has 3 aromatic rings.